The van der Waals surface area contributed by atoms with Gasteiger partial charge >= 0.3 is 0 Å². The Bertz CT molecular complexity index is 710. The zero-order valence-corrected chi connectivity index (χ0v) is 13.1. The predicted molar refractivity (Wildman–Crippen MR) is 79.4 cm³/mol. The molecule has 108 valence electrons. The van der Waals surface area contributed by atoms with Gasteiger partial charge in [0.05, 0.1) is 4.90 Å². The van der Waals surface area contributed by atoms with Gasteiger partial charge < -0.3 is 5.32 Å². The fourth-order valence-electron chi connectivity index (χ4n) is 1.71. The van der Waals surface area contributed by atoms with Gasteiger partial charge in [0.2, 0.25) is 5.13 Å². The third-order valence-corrected chi connectivity index (χ3v) is 4.97. The first-order chi connectivity index (χ1) is 9.42. The van der Waals surface area contributed by atoms with E-state index in [9.17, 15) is 8.42 Å². The van der Waals surface area contributed by atoms with E-state index in [0.29, 0.717) is 11.6 Å². The molecule has 1 aromatic carbocycles. The summed E-state index contributed by atoms with van der Waals surface area (Å²) in [5.41, 5.74) is 1.99. The van der Waals surface area contributed by atoms with Gasteiger partial charge in [-0.1, -0.05) is 17.4 Å². The summed E-state index contributed by atoms with van der Waals surface area (Å²) in [5, 5.41) is 11.6. The second-order valence-corrected chi connectivity index (χ2v) is 7.21. The number of benzene rings is 1. The third-order valence-electron chi connectivity index (χ3n) is 2.75. The van der Waals surface area contributed by atoms with Gasteiger partial charge in [-0.2, -0.15) is 0 Å². The number of aryl methyl sites for hydroxylation is 2. The van der Waals surface area contributed by atoms with E-state index >= 15 is 0 Å². The molecule has 0 saturated carbocycles. The Balaban J connectivity index is 2.31. The minimum atomic E-state index is -3.63. The van der Waals surface area contributed by atoms with Crippen LogP contribution in [0.15, 0.2) is 23.1 Å². The van der Waals surface area contributed by atoms with Crippen molar-refractivity contribution in [2.24, 2.45) is 0 Å². The smallest absolute Gasteiger partial charge is 0.263 e. The number of nitrogens with one attached hydrogen (secondary N) is 2. The van der Waals surface area contributed by atoms with Gasteiger partial charge in [0, 0.05) is 6.54 Å². The highest BCUT2D eigenvalue weighted by molar-refractivity contribution is 7.93. The van der Waals surface area contributed by atoms with Gasteiger partial charge in [-0.15, -0.1) is 10.2 Å². The van der Waals surface area contributed by atoms with Crippen molar-refractivity contribution in [1.82, 2.24) is 15.5 Å². The van der Waals surface area contributed by atoms with E-state index in [-0.39, 0.29) is 10.0 Å². The van der Waals surface area contributed by atoms with Crippen molar-refractivity contribution in [3.8, 4) is 0 Å². The average molecular weight is 312 g/mol. The van der Waals surface area contributed by atoms with E-state index in [1.165, 1.54) is 11.3 Å². The Kier molecular flexibility index (Phi) is 4.36. The molecule has 1 aromatic heterocycles. The van der Waals surface area contributed by atoms with Crippen molar-refractivity contribution < 1.29 is 8.42 Å². The van der Waals surface area contributed by atoms with Crippen LogP contribution in [0.4, 0.5) is 5.13 Å². The van der Waals surface area contributed by atoms with Crippen LogP contribution in [0.25, 0.3) is 0 Å². The van der Waals surface area contributed by atoms with Crippen LogP contribution in [0.2, 0.25) is 0 Å². The monoisotopic (exact) mass is 312 g/mol. The Labute approximate surface area is 122 Å². The van der Waals surface area contributed by atoms with Gasteiger partial charge in [0.25, 0.3) is 10.0 Å². The first kappa shape index (κ1) is 14.9. The second-order valence-electron chi connectivity index (χ2n) is 4.35. The standard InChI is InChI=1S/C12H16N4O2S2/c1-8-4-5-11(6-10(8)7-13-3)20(17,18)16-12-15-14-9(2)19-12/h4-6,13H,7H2,1-3H3,(H,15,16). The van der Waals surface area contributed by atoms with Crippen molar-refractivity contribution in [2.75, 3.05) is 11.8 Å². The maximum absolute atomic E-state index is 12.3. The van der Waals surface area contributed by atoms with Gasteiger partial charge in [-0.3, -0.25) is 4.72 Å². The molecule has 2 N–H and O–H groups in total. The molecule has 8 heteroatoms. The summed E-state index contributed by atoms with van der Waals surface area (Å²) < 4.78 is 27.0. The van der Waals surface area contributed by atoms with Crippen LogP contribution in [0, 0.1) is 13.8 Å². The van der Waals surface area contributed by atoms with Crippen LogP contribution in [-0.2, 0) is 16.6 Å². The molecule has 0 fully saturated rings. The zero-order valence-electron chi connectivity index (χ0n) is 11.5. The fraction of sp³-hybridized carbons (Fsp3) is 0.333. The number of anilines is 1. The summed E-state index contributed by atoms with van der Waals surface area (Å²) in [6.07, 6.45) is 0. The molecule has 0 unspecified atom stereocenters. The second kappa shape index (κ2) is 5.86. The number of nitrogens with zero attached hydrogens (tertiary/aromatic N) is 2. The molecule has 20 heavy (non-hydrogen) atoms. The average Bonchev–Trinajstić information content (AvgIpc) is 2.77. The van der Waals surface area contributed by atoms with Crippen molar-refractivity contribution in [3.63, 3.8) is 0 Å². The summed E-state index contributed by atoms with van der Waals surface area (Å²) in [6.45, 7) is 4.34. The van der Waals surface area contributed by atoms with E-state index in [0.717, 1.165) is 11.1 Å². The summed E-state index contributed by atoms with van der Waals surface area (Å²) in [6, 6.07) is 5.05. The van der Waals surface area contributed by atoms with Gasteiger partial charge in [-0.05, 0) is 44.2 Å². The zero-order chi connectivity index (χ0) is 14.8. The highest BCUT2D eigenvalue weighted by Crippen LogP contribution is 2.21. The molecule has 1 heterocycles. The number of rotatable bonds is 5. The Morgan fingerprint density at radius 3 is 2.60 bits per heavy atom. The van der Waals surface area contributed by atoms with Crippen LogP contribution < -0.4 is 10.0 Å². The molecule has 6 nitrogen and oxygen atoms in total. The van der Waals surface area contributed by atoms with Crippen LogP contribution in [-0.4, -0.2) is 25.7 Å². The van der Waals surface area contributed by atoms with Crippen molar-refractivity contribution in [2.45, 2.75) is 25.3 Å². The minimum Gasteiger partial charge on any atom is -0.316 e. The lowest BCUT2D eigenvalue weighted by Gasteiger charge is -2.09. The molecular formula is C12H16N4O2S2. The number of aromatic nitrogens is 2. The summed E-state index contributed by atoms with van der Waals surface area (Å²) in [5.74, 6) is 0. The van der Waals surface area contributed by atoms with Crippen LogP contribution in [0.3, 0.4) is 0 Å². The third kappa shape index (κ3) is 3.33. The molecule has 0 saturated heterocycles. The Morgan fingerprint density at radius 2 is 2.00 bits per heavy atom. The highest BCUT2D eigenvalue weighted by atomic mass is 32.2. The van der Waals surface area contributed by atoms with Crippen LogP contribution in [0.5, 0.6) is 0 Å². The quantitative estimate of drug-likeness (QED) is 0.877. The molecular weight excluding hydrogens is 296 g/mol. The van der Waals surface area contributed by atoms with E-state index in [1.54, 1.807) is 25.1 Å². The predicted octanol–water partition coefficient (Wildman–Crippen LogP) is 1.68. The minimum absolute atomic E-state index is 0.223. The first-order valence-corrected chi connectivity index (χ1v) is 8.29. The molecule has 0 aliphatic rings. The topological polar surface area (TPSA) is 84.0 Å². The van der Waals surface area contributed by atoms with E-state index in [2.05, 4.69) is 20.2 Å². The number of hydrogen-bond acceptors (Lipinski definition) is 6. The Hall–Kier alpha value is -1.51. The number of hydrogen-bond donors (Lipinski definition) is 2. The maximum atomic E-state index is 12.3. The van der Waals surface area contributed by atoms with E-state index in [4.69, 9.17) is 0 Å². The molecule has 0 spiro atoms. The maximum Gasteiger partial charge on any atom is 0.263 e. The largest absolute Gasteiger partial charge is 0.316 e. The lowest BCUT2D eigenvalue weighted by atomic mass is 10.1. The normalized spacial score (nSPS) is 11.6. The van der Waals surface area contributed by atoms with Crippen molar-refractivity contribution >= 4 is 26.5 Å². The molecule has 2 aromatic rings. The Morgan fingerprint density at radius 1 is 1.25 bits per heavy atom. The highest BCUT2D eigenvalue weighted by Gasteiger charge is 2.17. The lowest BCUT2D eigenvalue weighted by molar-refractivity contribution is 0.601. The van der Waals surface area contributed by atoms with E-state index < -0.39 is 10.0 Å². The molecule has 0 aliphatic carbocycles. The van der Waals surface area contributed by atoms with E-state index in [1.807, 2.05) is 14.0 Å². The van der Waals surface area contributed by atoms with Crippen molar-refractivity contribution in [3.05, 3.63) is 34.3 Å². The molecule has 0 aliphatic heterocycles. The van der Waals surface area contributed by atoms with Crippen LogP contribution >= 0.6 is 11.3 Å². The van der Waals surface area contributed by atoms with Gasteiger partial charge in [0.15, 0.2) is 0 Å². The summed E-state index contributed by atoms with van der Waals surface area (Å²) in [4.78, 5) is 0.223. The van der Waals surface area contributed by atoms with Gasteiger partial charge in [-0.25, -0.2) is 8.42 Å². The number of sulfonamides is 1. The van der Waals surface area contributed by atoms with Crippen molar-refractivity contribution in [1.29, 1.82) is 0 Å². The first-order valence-electron chi connectivity index (χ1n) is 5.99. The molecule has 2 rings (SSSR count). The fourth-order valence-corrected chi connectivity index (χ4v) is 3.58. The summed E-state index contributed by atoms with van der Waals surface area (Å²) in [7, 11) is -1.81. The van der Waals surface area contributed by atoms with Gasteiger partial charge in [0.1, 0.15) is 5.01 Å². The van der Waals surface area contributed by atoms with Crippen LogP contribution in [0.1, 0.15) is 16.1 Å². The SMILES string of the molecule is CNCc1cc(S(=O)(=O)Nc2nnc(C)s2)ccc1C. The lowest BCUT2D eigenvalue weighted by Crippen LogP contribution is -2.14. The molecule has 0 radical (unpaired) electrons. The molecule has 0 amide bonds. The molecule has 0 atom stereocenters. The molecule has 0 bridgehead atoms. The summed E-state index contributed by atoms with van der Waals surface area (Å²) >= 11 is 1.20.